The minimum absolute atomic E-state index is 0.0958. The number of methoxy groups -OCH3 is 2. The molecule has 0 bridgehead atoms. The number of carbonyl (C=O) groups is 5. The minimum Gasteiger partial charge on any atom is -0.495 e. The number of Topliss-reactive ketones (excluding diaryl/α,β-unsaturated/α-hetero) is 2. The van der Waals surface area contributed by atoms with Gasteiger partial charge in [-0.1, -0.05) is 12.1 Å². The van der Waals surface area contributed by atoms with Gasteiger partial charge in [-0.3, -0.25) is 4.90 Å². The van der Waals surface area contributed by atoms with E-state index in [9.17, 15) is 37.5 Å². The predicted molar refractivity (Wildman–Crippen MR) is 174 cm³/mol. The van der Waals surface area contributed by atoms with Gasteiger partial charge in [0.25, 0.3) is 0 Å². The van der Waals surface area contributed by atoms with Crippen LogP contribution in [0.1, 0.15) is 57.1 Å². The Balaban J connectivity index is 0.00000154. The van der Waals surface area contributed by atoms with Crippen molar-refractivity contribution in [2.75, 3.05) is 45.3 Å². The highest BCUT2D eigenvalue weighted by Gasteiger charge is 2.38. The van der Waals surface area contributed by atoms with E-state index in [1.165, 1.54) is 19.1 Å². The number of aliphatic carboxylic acids is 1. The van der Waals surface area contributed by atoms with E-state index in [1.54, 1.807) is 44.2 Å². The zero-order valence-electron chi connectivity index (χ0n) is 28.0. The Labute approximate surface area is 282 Å². The average molecular weight is 700 g/mol. The summed E-state index contributed by atoms with van der Waals surface area (Å²) in [6, 6.07) is 10.5. The number of hydrogen-bond donors (Lipinski definition) is 4. The maximum absolute atomic E-state index is 12.2. The van der Waals surface area contributed by atoms with Gasteiger partial charge in [-0.15, -0.1) is 0 Å². The lowest BCUT2D eigenvalue weighted by Crippen LogP contribution is -2.32. The van der Waals surface area contributed by atoms with Gasteiger partial charge in [0, 0.05) is 25.9 Å². The largest absolute Gasteiger partial charge is 0.495 e. The van der Waals surface area contributed by atoms with Gasteiger partial charge in [0.05, 0.1) is 19.9 Å². The van der Waals surface area contributed by atoms with E-state index in [0.717, 1.165) is 24.0 Å². The van der Waals surface area contributed by atoms with Gasteiger partial charge >= 0.3 is 24.3 Å². The van der Waals surface area contributed by atoms with E-state index in [1.807, 2.05) is 6.07 Å². The Bertz CT molecular complexity index is 1400. The van der Waals surface area contributed by atoms with Crippen LogP contribution in [0.5, 0.6) is 17.2 Å². The molecular formula is C33H44F3N3O10. The number of carboxylic acids is 1. The number of nitrogens with one attached hydrogen (secondary N) is 2. The first-order chi connectivity index (χ1) is 23.1. The highest BCUT2D eigenvalue weighted by atomic mass is 19.4. The SMILES string of the molecule is COc1cc(CCC(C)=O)ccc1OC(=O)NCCCCNCCCN(C(=O)O)c1ccc(CCC(C)=O)cc1OC.O=C(O)C(F)(F)F. The van der Waals surface area contributed by atoms with E-state index in [0.29, 0.717) is 81.2 Å². The molecule has 2 amide bonds. The molecule has 0 spiro atoms. The number of nitrogens with zero attached hydrogens (tertiary/aromatic N) is 1. The highest BCUT2D eigenvalue weighted by Crippen LogP contribution is 2.31. The van der Waals surface area contributed by atoms with Crippen LogP contribution >= 0.6 is 0 Å². The molecular weight excluding hydrogens is 655 g/mol. The van der Waals surface area contributed by atoms with E-state index in [-0.39, 0.29) is 11.6 Å². The van der Waals surface area contributed by atoms with Crippen LogP contribution in [0.25, 0.3) is 0 Å². The van der Waals surface area contributed by atoms with Crippen LogP contribution in [-0.4, -0.2) is 86.5 Å². The van der Waals surface area contributed by atoms with Gasteiger partial charge in [0.15, 0.2) is 11.5 Å². The van der Waals surface area contributed by atoms with Gasteiger partial charge in [-0.2, -0.15) is 13.2 Å². The van der Waals surface area contributed by atoms with E-state index < -0.39 is 24.3 Å². The average Bonchev–Trinajstić information content (AvgIpc) is 3.03. The number of halogens is 3. The lowest BCUT2D eigenvalue weighted by atomic mass is 10.1. The second-order valence-electron chi connectivity index (χ2n) is 10.8. The van der Waals surface area contributed by atoms with Crippen molar-refractivity contribution >= 4 is 35.4 Å². The highest BCUT2D eigenvalue weighted by molar-refractivity contribution is 5.88. The monoisotopic (exact) mass is 699 g/mol. The van der Waals surface area contributed by atoms with Crippen molar-refractivity contribution in [3.8, 4) is 17.2 Å². The molecule has 0 atom stereocenters. The van der Waals surface area contributed by atoms with Crippen molar-refractivity contribution in [1.82, 2.24) is 10.6 Å². The smallest absolute Gasteiger partial charge is 0.490 e. The number of carbonyl (C=O) groups excluding carboxylic acids is 3. The summed E-state index contributed by atoms with van der Waals surface area (Å²) in [4.78, 5) is 56.7. The molecule has 0 aromatic heterocycles. The van der Waals surface area contributed by atoms with Crippen molar-refractivity contribution in [2.24, 2.45) is 0 Å². The van der Waals surface area contributed by atoms with Crippen LogP contribution in [0.15, 0.2) is 36.4 Å². The molecule has 0 saturated heterocycles. The topological polar surface area (TPSA) is 181 Å². The molecule has 16 heteroatoms. The fourth-order valence-electron chi connectivity index (χ4n) is 4.20. The maximum atomic E-state index is 12.2. The number of amides is 2. The van der Waals surface area contributed by atoms with E-state index in [4.69, 9.17) is 24.1 Å². The second kappa shape index (κ2) is 21.9. The second-order valence-corrected chi connectivity index (χ2v) is 10.8. The summed E-state index contributed by atoms with van der Waals surface area (Å²) in [6.45, 7) is 5.16. The number of carboxylic acid groups (broad SMARTS) is 2. The first-order valence-corrected chi connectivity index (χ1v) is 15.4. The lowest BCUT2D eigenvalue weighted by Gasteiger charge is -2.22. The quantitative estimate of drug-likeness (QED) is 0.138. The van der Waals surface area contributed by atoms with Crippen LogP contribution in [-0.2, 0) is 27.2 Å². The molecule has 0 fully saturated rings. The van der Waals surface area contributed by atoms with E-state index >= 15 is 0 Å². The van der Waals surface area contributed by atoms with Gasteiger partial charge in [-0.25, -0.2) is 14.4 Å². The first-order valence-electron chi connectivity index (χ1n) is 15.4. The maximum Gasteiger partial charge on any atom is 0.490 e. The molecule has 0 saturated carbocycles. The number of alkyl halides is 3. The number of ketones is 2. The third-order valence-electron chi connectivity index (χ3n) is 6.76. The third-order valence-corrected chi connectivity index (χ3v) is 6.76. The molecule has 0 aliphatic heterocycles. The molecule has 0 aliphatic carbocycles. The summed E-state index contributed by atoms with van der Waals surface area (Å²) in [7, 11) is 2.99. The predicted octanol–water partition coefficient (Wildman–Crippen LogP) is 5.41. The van der Waals surface area contributed by atoms with Crippen molar-refractivity contribution in [2.45, 2.75) is 65.0 Å². The van der Waals surface area contributed by atoms with Gasteiger partial charge in [0.1, 0.15) is 17.3 Å². The Kier molecular flexibility index (Phi) is 18.8. The van der Waals surface area contributed by atoms with Crippen LogP contribution in [0.3, 0.4) is 0 Å². The molecule has 49 heavy (non-hydrogen) atoms. The molecule has 0 radical (unpaired) electrons. The van der Waals surface area contributed by atoms with Crippen LogP contribution < -0.4 is 29.7 Å². The summed E-state index contributed by atoms with van der Waals surface area (Å²) in [5.41, 5.74) is 2.31. The lowest BCUT2D eigenvalue weighted by molar-refractivity contribution is -0.192. The molecule has 2 rings (SSSR count). The Morgan fingerprint density at radius 2 is 1.27 bits per heavy atom. The number of ether oxygens (including phenoxy) is 3. The van der Waals surface area contributed by atoms with Gasteiger partial charge in [-0.05, 0) is 94.4 Å². The summed E-state index contributed by atoms with van der Waals surface area (Å²) in [6.07, 6.45) is -2.55. The number of unbranched alkanes of at least 4 members (excludes halogenated alkanes) is 1. The van der Waals surface area contributed by atoms with Crippen LogP contribution in [0.4, 0.5) is 28.4 Å². The van der Waals surface area contributed by atoms with Gasteiger partial charge in [0.2, 0.25) is 0 Å². The molecule has 0 aliphatic rings. The van der Waals surface area contributed by atoms with Crippen molar-refractivity contribution in [1.29, 1.82) is 0 Å². The first kappa shape index (κ1) is 42.2. The zero-order chi connectivity index (χ0) is 37.0. The minimum atomic E-state index is -5.08. The van der Waals surface area contributed by atoms with Gasteiger partial charge < -0.3 is 44.6 Å². The number of aryl methyl sites for hydroxylation is 2. The Hall–Kier alpha value is -4.86. The summed E-state index contributed by atoms with van der Waals surface area (Å²) >= 11 is 0. The van der Waals surface area contributed by atoms with Crippen molar-refractivity contribution in [3.63, 3.8) is 0 Å². The molecule has 13 nitrogen and oxygen atoms in total. The van der Waals surface area contributed by atoms with Crippen molar-refractivity contribution < 1.29 is 61.6 Å². The number of benzene rings is 2. The number of rotatable bonds is 19. The summed E-state index contributed by atoms with van der Waals surface area (Å²) in [5, 5.41) is 22.9. The van der Waals surface area contributed by atoms with Crippen LogP contribution in [0, 0.1) is 0 Å². The molecule has 0 heterocycles. The van der Waals surface area contributed by atoms with Crippen LogP contribution in [0.2, 0.25) is 0 Å². The van der Waals surface area contributed by atoms with Crippen molar-refractivity contribution in [3.05, 3.63) is 47.5 Å². The molecule has 2 aromatic rings. The summed E-state index contributed by atoms with van der Waals surface area (Å²) in [5.74, 6) is -1.36. The zero-order valence-corrected chi connectivity index (χ0v) is 28.0. The molecule has 2 aromatic carbocycles. The third kappa shape index (κ3) is 17.2. The fraction of sp³-hybridized carbons (Fsp3) is 0.485. The van der Waals surface area contributed by atoms with E-state index in [2.05, 4.69) is 10.6 Å². The Morgan fingerprint density at radius 3 is 1.78 bits per heavy atom. The normalized spacial score (nSPS) is 10.7. The standard InChI is InChI=1S/C31H43N3O8.C2HF3O2/c1-22(35)8-10-24-12-14-26(28(20-24)40-3)34(31(38)39)19-7-17-32-16-5-6-18-33-30(37)42-27-15-13-25(11-9-23(2)36)21-29(27)41-4;3-2(4,5)1(6)7/h12-15,20-21,32H,5-11,16-19H2,1-4H3,(H,33,37)(H,38,39);(H,6,7). The number of hydrogen-bond acceptors (Lipinski definition) is 9. The molecule has 272 valence electrons. The summed E-state index contributed by atoms with van der Waals surface area (Å²) < 4.78 is 47.8. The Morgan fingerprint density at radius 1 is 0.755 bits per heavy atom. The molecule has 0 unspecified atom stereocenters. The fourth-order valence-corrected chi connectivity index (χ4v) is 4.20. The number of anilines is 1. The molecule has 4 N–H and O–H groups in total.